The lowest BCUT2D eigenvalue weighted by molar-refractivity contribution is -0.167. The van der Waals surface area contributed by atoms with Crippen LogP contribution in [0.1, 0.15) is 213 Å². The van der Waals surface area contributed by atoms with Crippen LogP contribution >= 0.6 is 0 Å². The van der Waals surface area contributed by atoms with E-state index in [-0.39, 0.29) is 37.5 Å². The maximum absolute atomic E-state index is 12.7. The van der Waals surface area contributed by atoms with Crippen molar-refractivity contribution >= 4 is 17.9 Å². The Kier molecular flexibility index (Phi) is 41.5. The summed E-state index contributed by atoms with van der Waals surface area (Å²) in [6.07, 6.45) is 52.4. The van der Waals surface area contributed by atoms with Crippen molar-refractivity contribution in [1.29, 1.82) is 0 Å². The van der Waals surface area contributed by atoms with E-state index in [0.717, 1.165) is 83.5 Å². The molecule has 0 aliphatic heterocycles. The molecule has 1 unspecified atom stereocenters. The molecule has 0 aromatic heterocycles. The van der Waals surface area contributed by atoms with Gasteiger partial charge < -0.3 is 14.2 Å². The number of ether oxygens (including phenoxy) is 3. The maximum Gasteiger partial charge on any atom is 0.306 e. The molecule has 0 amide bonds. The van der Waals surface area contributed by atoms with Crippen molar-refractivity contribution in [3.63, 3.8) is 0 Å². The number of carbonyl (C=O) groups excluding carboxylic acids is 3. The Morgan fingerprint density at radius 2 is 0.709 bits per heavy atom. The summed E-state index contributed by atoms with van der Waals surface area (Å²) in [7, 11) is 0. The predicted octanol–water partition coefficient (Wildman–Crippen LogP) is 14.5. The van der Waals surface area contributed by atoms with E-state index in [1.807, 2.05) is 0 Å². The molecule has 0 bridgehead atoms. The van der Waals surface area contributed by atoms with Crippen molar-refractivity contribution in [3.8, 4) is 0 Å². The minimum Gasteiger partial charge on any atom is -0.462 e. The van der Waals surface area contributed by atoms with Crippen LogP contribution in [-0.4, -0.2) is 37.2 Å². The monoisotopic (exact) mass is 769 g/mol. The zero-order chi connectivity index (χ0) is 40.1. The highest BCUT2D eigenvalue weighted by molar-refractivity contribution is 5.71. The fourth-order valence-corrected chi connectivity index (χ4v) is 6.12. The molecule has 0 aromatic carbocycles. The zero-order valence-electron chi connectivity index (χ0n) is 35.9. The third kappa shape index (κ3) is 42.1. The normalized spacial score (nSPS) is 12.6. The number of hydrogen-bond donors (Lipinski definition) is 0. The average Bonchev–Trinajstić information content (AvgIpc) is 3.18. The van der Waals surface area contributed by atoms with Gasteiger partial charge in [-0.25, -0.2) is 0 Å². The fourth-order valence-electron chi connectivity index (χ4n) is 6.12. The molecule has 0 aromatic rings. The lowest BCUT2D eigenvalue weighted by Crippen LogP contribution is -2.30. The molecule has 6 heteroatoms. The van der Waals surface area contributed by atoms with Gasteiger partial charge in [0.1, 0.15) is 13.2 Å². The molecule has 0 saturated heterocycles. The highest BCUT2D eigenvalue weighted by atomic mass is 16.6. The van der Waals surface area contributed by atoms with Crippen LogP contribution in [0.2, 0.25) is 0 Å². The topological polar surface area (TPSA) is 78.9 Å². The number of unbranched alkanes of at least 4 members (excludes halogenated alkanes) is 19. The largest absolute Gasteiger partial charge is 0.462 e. The SMILES string of the molecule is CC/C=C\C/C=C\C/C=C\C/C=C\C/C=C\CCCC(=O)OCC(COC(=O)CCCCCCC)OC(=O)CCCCCCCCCCCCCCCCC. The Bertz CT molecular complexity index is 1020. The number of hydrogen-bond acceptors (Lipinski definition) is 6. The van der Waals surface area contributed by atoms with Crippen molar-refractivity contribution in [1.82, 2.24) is 0 Å². The molecule has 0 N–H and O–H groups in total. The third-order valence-corrected chi connectivity index (χ3v) is 9.54. The second kappa shape index (κ2) is 43.8. The number of rotatable bonds is 40. The van der Waals surface area contributed by atoms with E-state index in [9.17, 15) is 14.4 Å². The van der Waals surface area contributed by atoms with Gasteiger partial charge in [0.25, 0.3) is 0 Å². The zero-order valence-corrected chi connectivity index (χ0v) is 35.9. The Hall–Kier alpha value is -2.89. The summed E-state index contributed by atoms with van der Waals surface area (Å²) < 4.78 is 16.6. The smallest absolute Gasteiger partial charge is 0.306 e. The minimum atomic E-state index is -0.789. The first kappa shape index (κ1) is 52.1. The first-order valence-electron chi connectivity index (χ1n) is 22.8. The van der Waals surface area contributed by atoms with E-state index >= 15 is 0 Å². The second-order valence-electron chi connectivity index (χ2n) is 14.9. The summed E-state index contributed by atoms with van der Waals surface area (Å²) in [5.74, 6) is -0.967. The number of carbonyl (C=O) groups is 3. The number of esters is 3. The summed E-state index contributed by atoms with van der Waals surface area (Å²) in [5, 5.41) is 0. The van der Waals surface area contributed by atoms with E-state index in [0.29, 0.717) is 19.3 Å². The van der Waals surface area contributed by atoms with Gasteiger partial charge in [0.05, 0.1) is 0 Å². The van der Waals surface area contributed by atoms with Crippen molar-refractivity contribution in [2.45, 2.75) is 219 Å². The van der Waals surface area contributed by atoms with Gasteiger partial charge in [-0.1, -0.05) is 197 Å². The van der Waals surface area contributed by atoms with Gasteiger partial charge in [-0.05, 0) is 57.8 Å². The van der Waals surface area contributed by atoms with Gasteiger partial charge in [-0.3, -0.25) is 14.4 Å². The van der Waals surface area contributed by atoms with E-state index in [4.69, 9.17) is 14.2 Å². The van der Waals surface area contributed by atoms with E-state index in [1.165, 1.54) is 83.5 Å². The molecule has 0 aliphatic carbocycles. The summed E-state index contributed by atoms with van der Waals surface area (Å²) in [6, 6.07) is 0. The molecule has 55 heavy (non-hydrogen) atoms. The van der Waals surface area contributed by atoms with Crippen LogP contribution in [0.4, 0.5) is 0 Å². The summed E-state index contributed by atoms with van der Waals surface area (Å²) in [6.45, 7) is 6.38. The van der Waals surface area contributed by atoms with Gasteiger partial charge in [0, 0.05) is 19.3 Å². The third-order valence-electron chi connectivity index (χ3n) is 9.54. The maximum atomic E-state index is 12.7. The summed E-state index contributed by atoms with van der Waals surface area (Å²) in [4.78, 5) is 37.5. The summed E-state index contributed by atoms with van der Waals surface area (Å²) >= 11 is 0. The molecule has 0 aliphatic rings. The lowest BCUT2D eigenvalue weighted by atomic mass is 10.0. The second-order valence-corrected chi connectivity index (χ2v) is 14.9. The highest BCUT2D eigenvalue weighted by Crippen LogP contribution is 2.15. The fraction of sp³-hybridized carbons (Fsp3) is 0.735. The number of allylic oxidation sites excluding steroid dienone is 10. The highest BCUT2D eigenvalue weighted by Gasteiger charge is 2.19. The molecule has 0 fully saturated rings. The summed E-state index contributed by atoms with van der Waals surface area (Å²) in [5.41, 5.74) is 0. The molecule has 6 nitrogen and oxygen atoms in total. The van der Waals surface area contributed by atoms with Crippen molar-refractivity contribution in [2.75, 3.05) is 13.2 Å². The molecule has 0 saturated carbocycles. The van der Waals surface area contributed by atoms with Crippen LogP contribution in [0.15, 0.2) is 60.8 Å². The standard InChI is InChI=1S/C49H84O6/c1-4-7-10-13-15-17-19-21-23-24-26-27-29-31-33-36-39-42-48(51)54-45-46(44-53-47(50)41-38-35-12-9-6-3)55-49(52)43-40-37-34-32-30-28-25-22-20-18-16-14-11-8-5-2/h7,10,15,17,21,23,26-27,31,33,46H,4-6,8-9,11-14,16,18-20,22,24-25,28-30,32,34-45H2,1-3H3/b10-7-,17-15-,23-21-,27-26-,33-31-. The van der Waals surface area contributed by atoms with Crippen LogP contribution < -0.4 is 0 Å². The Balaban J connectivity index is 4.31. The molecule has 1 atom stereocenters. The van der Waals surface area contributed by atoms with Crippen LogP contribution in [0.3, 0.4) is 0 Å². The first-order chi connectivity index (χ1) is 27.0. The van der Waals surface area contributed by atoms with Gasteiger partial charge >= 0.3 is 17.9 Å². The predicted molar refractivity (Wildman–Crippen MR) is 233 cm³/mol. The Morgan fingerprint density at radius 3 is 1.11 bits per heavy atom. The lowest BCUT2D eigenvalue weighted by Gasteiger charge is -2.18. The first-order valence-corrected chi connectivity index (χ1v) is 22.8. The van der Waals surface area contributed by atoms with Crippen LogP contribution in [0.25, 0.3) is 0 Å². The van der Waals surface area contributed by atoms with E-state index in [1.54, 1.807) is 0 Å². The van der Waals surface area contributed by atoms with E-state index in [2.05, 4.69) is 81.5 Å². The minimum absolute atomic E-state index is 0.0916. The van der Waals surface area contributed by atoms with Crippen LogP contribution in [0, 0.1) is 0 Å². The quantitative estimate of drug-likeness (QED) is 0.0267. The van der Waals surface area contributed by atoms with Gasteiger partial charge in [0.15, 0.2) is 6.10 Å². The molecule has 0 radical (unpaired) electrons. The van der Waals surface area contributed by atoms with Crippen LogP contribution in [0.5, 0.6) is 0 Å². The molecule has 0 spiro atoms. The Labute approximate surface area is 339 Å². The van der Waals surface area contributed by atoms with E-state index < -0.39 is 6.10 Å². The van der Waals surface area contributed by atoms with Crippen molar-refractivity contribution in [2.24, 2.45) is 0 Å². The molecule has 0 heterocycles. The van der Waals surface area contributed by atoms with Crippen molar-refractivity contribution < 1.29 is 28.6 Å². The molecular weight excluding hydrogens is 685 g/mol. The van der Waals surface area contributed by atoms with Gasteiger partial charge in [-0.15, -0.1) is 0 Å². The molecule has 316 valence electrons. The van der Waals surface area contributed by atoms with Crippen LogP contribution in [-0.2, 0) is 28.6 Å². The molecular formula is C49H84O6. The van der Waals surface area contributed by atoms with Gasteiger partial charge in [0.2, 0.25) is 0 Å². The van der Waals surface area contributed by atoms with Gasteiger partial charge in [-0.2, -0.15) is 0 Å². The average molecular weight is 769 g/mol. The van der Waals surface area contributed by atoms with Crippen molar-refractivity contribution in [3.05, 3.63) is 60.8 Å². The molecule has 0 rings (SSSR count). The Morgan fingerprint density at radius 1 is 0.382 bits per heavy atom.